The molecule has 8 heteroatoms. The van der Waals surface area contributed by atoms with Crippen molar-refractivity contribution < 1.29 is 24.0 Å². The third-order valence-electron chi connectivity index (χ3n) is 6.28. The third-order valence-corrected chi connectivity index (χ3v) is 6.28. The maximum absolute atomic E-state index is 13.0. The van der Waals surface area contributed by atoms with Gasteiger partial charge in [-0.05, 0) is 69.1 Å². The number of nitro groups is 1. The van der Waals surface area contributed by atoms with Gasteiger partial charge < -0.3 is 14.4 Å². The first-order chi connectivity index (χ1) is 18.4. The number of hydrogen-bond donors (Lipinski definition) is 0. The zero-order valence-electron chi connectivity index (χ0n) is 23.1. The van der Waals surface area contributed by atoms with Gasteiger partial charge in [-0.3, -0.25) is 19.7 Å². The van der Waals surface area contributed by atoms with E-state index in [0.717, 1.165) is 32.5 Å². The standard InChI is InChI=1S/C30H42N2O6/c1-4-7-11-30(34)38-29-17-14-26(32(35)36)22-25(29)23-28(33)24-12-15-27(16-13-24)37-21-10-20-31(18-8-5-2)19-9-6-3/h12-17,22H,4-11,18-21,23H2,1-3H3. The molecule has 0 aliphatic heterocycles. The van der Waals surface area contributed by atoms with Crippen LogP contribution < -0.4 is 9.47 Å². The summed E-state index contributed by atoms with van der Waals surface area (Å²) >= 11 is 0. The van der Waals surface area contributed by atoms with Crippen LogP contribution in [-0.4, -0.2) is 47.8 Å². The van der Waals surface area contributed by atoms with Gasteiger partial charge >= 0.3 is 5.97 Å². The van der Waals surface area contributed by atoms with Crippen molar-refractivity contribution in [3.8, 4) is 11.5 Å². The molecule has 0 bridgehead atoms. The number of nitrogens with zero attached hydrogens (tertiary/aromatic N) is 2. The van der Waals surface area contributed by atoms with E-state index in [4.69, 9.17) is 9.47 Å². The topological polar surface area (TPSA) is 99.0 Å². The number of ether oxygens (including phenoxy) is 2. The Labute approximate surface area is 226 Å². The van der Waals surface area contributed by atoms with Crippen LogP contribution in [0, 0.1) is 10.1 Å². The van der Waals surface area contributed by atoms with Gasteiger partial charge in [-0.2, -0.15) is 0 Å². The van der Waals surface area contributed by atoms with Crippen molar-refractivity contribution in [2.24, 2.45) is 0 Å². The molecule has 208 valence electrons. The number of non-ortho nitro benzene ring substituents is 1. The number of carbonyl (C=O) groups excluding carboxylic acids is 2. The van der Waals surface area contributed by atoms with Crippen LogP contribution in [0.25, 0.3) is 0 Å². The summed E-state index contributed by atoms with van der Waals surface area (Å²) in [7, 11) is 0. The summed E-state index contributed by atoms with van der Waals surface area (Å²) < 4.78 is 11.3. The van der Waals surface area contributed by atoms with Crippen molar-refractivity contribution in [1.29, 1.82) is 0 Å². The molecule has 38 heavy (non-hydrogen) atoms. The Morgan fingerprint density at radius 3 is 2.11 bits per heavy atom. The fourth-order valence-corrected chi connectivity index (χ4v) is 4.00. The van der Waals surface area contributed by atoms with Crippen LogP contribution in [-0.2, 0) is 11.2 Å². The zero-order chi connectivity index (χ0) is 27.8. The first-order valence-electron chi connectivity index (χ1n) is 13.8. The van der Waals surface area contributed by atoms with E-state index < -0.39 is 10.9 Å². The molecule has 0 saturated heterocycles. The lowest BCUT2D eigenvalue weighted by atomic mass is 10.0. The highest BCUT2D eigenvalue weighted by molar-refractivity contribution is 5.98. The molecule has 0 radical (unpaired) electrons. The Hall–Kier alpha value is -3.26. The molecule has 2 aromatic rings. The molecule has 0 atom stereocenters. The largest absolute Gasteiger partial charge is 0.494 e. The summed E-state index contributed by atoms with van der Waals surface area (Å²) in [5, 5.41) is 11.3. The maximum atomic E-state index is 13.0. The van der Waals surface area contributed by atoms with E-state index in [1.54, 1.807) is 24.3 Å². The third kappa shape index (κ3) is 11.0. The molecular weight excluding hydrogens is 484 g/mol. The fraction of sp³-hybridized carbons (Fsp3) is 0.533. The number of ketones is 1. The van der Waals surface area contributed by atoms with Crippen LogP contribution in [0.4, 0.5) is 5.69 Å². The molecule has 0 amide bonds. The second kappa shape index (κ2) is 17.3. The number of unbranched alkanes of at least 4 members (excludes halogenated alkanes) is 3. The molecule has 0 unspecified atom stereocenters. The average Bonchev–Trinajstić information content (AvgIpc) is 2.92. The number of benzene rings is 2. The molecule has 0 N–H and O–H groups in total. The Morgan fingerprint density at radius 2 is 1.50 bits per heavy atom. The SMILES string of the molecule is CCCCC(=O)Oc1ccc([N+](=O)[O-])cc1CC(=O)c1ccc(OCCCN(CCCC)CCCC)cc1. The van der Waals surface area contributed by atoms with Crippen LogP contribution >= 0.6 is 0 Å². The highest BCUT2D eigenvalue weighted by atomic mass is 16.6. The molecule has 0 heterocycles. The van der Waals surface area contributed by atoms with E-state index in [1.807, 2.05) is 6.92 Å². The normalized spacial score (nSPS) is 10.9. The summed E-state index contributed by atoms with van der Waals surface area (Å²) in [5.74, 6) is 0.216. The molecular formula is C30H42N2O6. The minimum atomic E-state index is -0.532. The second-order valence-corrected chi connectivity index (χ2v) is 9.50. The Morgan fingerprint density at radius 1 is 0.868 bits per heavy atom. The number of hydrogen-bond acceptors (Lipinski definition) is 7. The molecule has 2 rings (SSSR count). The highest BCUT2D eigenvalue weighted by Gasteiger charge is 2.18. The Balaban J connectivity index is 1.96. The molecule has 0 aliphatic carbocycles. The van der Waals surface area contributed by atoms with Crippen molar-refractivity contribution >= 4 is 17.4 Å². The molecule has 2 aromatic carbocycles. The lowest BCUT2D eigenvalue weighted by Crippen LogP contribution is -2.28. The van der Waals surface area contributed by atoms with Gasteiger partial charge in [0.25, 0.3) is 5.69 Å². The van der Waals surface area contributed by atoms with Gasteiger partial charge in [0.1, 0.15) is 11.5 Å². The van der Waals surface area contributed by atoms with Crippen molar-refractivity contribution in [1.82, 2.24) is 4.90 Å². The summed E-state index contributed by atoms with van der Waals surface area (Å²) in [6.45, 7) is 10.2. The average molecular weight is 527 g/mol. The van der Waals surface area contributed by atoms with Crippen LogP contribution in [0.3, 0.4) is 0 Å². The van der Waals surface area contributed by atoms with E-state index in [0.29, 0.717) is 29.9 Å². The molecule has 8 nitrogen and oxygen atoms in total. The number of carbonyl (C=O) groups is 2. The van der Waals surface area contributed by atoms with Crippen molar-refractivity contribution in [2.45, 2.75) is 78.6 Å². The van der Waals surface area contributed by atoms with Crippen molar-refractivity contribution in [3.63, 3.8) is 0 Å². The first kappa shape index (κ1) is 31.0. The van der Waals surface area contributed by atoms with Gasteiger partial charge in [0.05, 0.1) is 11.5 Å². The Bertz CT molecular complexity index is 1010. The molecule has 0 saturated carbocycles. The van der Waals surface area contributed by atoms with Crippen LogP contribution in [0.2, 0.25) is 0 Å². The Kier molecular flexibility index (Phi) is 14.1. The number of nitro benzene ring substituents is 1. The lowest BCUT2D eigenvalue weighted by molar-refractivity contribution is -0.384. The number of rotatable bonds is 19. The van der Waals surface area contributed by atoms with E-state index in [-0.39, 0.29) is 30.1 Å². The predicted octanol–water partition coefficient (Wildman–Crippen LogP) is 6.79. The minimum absolute atomic E-state index is 0.121. The number of esters is 1. The van der Waals surface area contributed by atoms with Gasteiger partial charge in [0, 0.05) is 42.6 Å². The van der Waals surface area contributed by atoms with Gasteiger partial charge in [0.15, 0.2) is 5.78 Å². The molecule has 0 fully saturated rings. The number of Topliss-reactive ketones (excluding diaryl/α,β-unsaturated/α-hetero) is 1. The first-order valence-corrected chi connectivity index (χ1v) is 13.8. The zero-order valence-corrected chi connectivity index (χ0v) is 23.1. The fourth-order valence-electron chi connectivity index (χ4n) is 4.00. The maximum Gasteiger partial charge on any atom is 0.311 e. The second-order valence-electron chi connectivity index (χ2n) is 9.50. The molecule has 0 aliphatic rings. The van der Waals surface area contributed by atoms with Gasteiger partial charge in [0.2, 0.25) is 0 Å². The van der Waals surface area contributed by atoms with Crippen molar-refractivity contribution in [3.05, 3.63) is 63.7 Å². The molecule has 0 spiro atoms. The van der Waals surface area contributed by atoms with E-state index >= 15 is 0 Å². The smallest absolute Gasteiger partial charge is 0.311 e. The van der Waals surface area contributed by atoms with E-state index in [2.05, 4.69) is 18.7 Å². The van der Waals surface area contributed by atoms with Crippen LogP contribution in [0.1, 0.15) is 88.1 Å². The van der Waals surface area contributed by atoms with Crippen LogP contribution in [0.5, 0.6) is 11.5 Å². The van der Waals surface area contributed by atoms with E-state index in [1.165, 1.54) is 43.9 Å². The minimum Gasteiger partial charge on any atom is -0.494 e. The predicted molar refractivity (Wildman–Crippen MR) is 149 cm³/mol. The summed E-state index contributed by atoms with van der Waals surface area (Å²) in [4.78, 5) is 38.3. The van der Waals surface area contributed by atoms with Gasteiger partial charge in [-0.15, -0.1) is 0 Å². The summed E-state index contributed by atoms with van der Waals surface area (Å²) in [6.07, 6.45) is 7.38. The van der Waals surface area contributed by atoms with Gasteiger partial charge in [-0.25, -0.2) is 0 Å². The summed E-state index contributed by atoms with van der Waals surface area (Å²) in [6, 6.07) is 10.9. The highest BCUT2D eigenvalue weighted by Crippen LogP contribution is 2.27. The molecule has 0 aromatic heterocycles. The summed E-state index contributed by atoms with van der Waals surface area (Å²) in [5.41, 5.74) is 0.607. The van der Waals surface area contributed by atoms with Crippen molar-refractivity contribution in [2.75, 3.05) is 26.2 Å². The quantitative estimate of drug-likeness (QED) is 0.0496. The van der Waals surface area contributed by atoms with Crippen LogP contribution in [0.15, 0.2) is 42.5 Å². The monoisotopic (exact) mass is 526 g/mol. The van der Waals surface area contributed by atoms with E-state index in [9.17, 15) is 19.7 Å². The lowest BCUT2D eigenvalue weighted by Gasteiger charge is -2.21. The van der Waals surface area contributed by atoms with Gasteiger partial charge in [-0.1, -0.05) is 40.0 Å².